The van der Waals surface area contributed by atoms with Gasteiger partial charge in [0.05, 0.1) is 4.90 Å². The molecule has 4 nitrogen and oxygen atoms in total. The van der Waals surface area contributed by atoms with E-state index in [2.05, 4.69) is 10.0 Å². The van der Waals surface area contributed by atoms with Gasteiger partial charge in [-0.2, -0.15) is 0 Å². The predicted octanol–water partition coefficient (Wildman–Crippen LogP) is 2.20. The molecule has 2 saturated carbocycles. The minimum atomic E-state index is -3.36. The Kier molecular flexibility index (Phi) is 3.27. The molecule has 0 aromatic heterocycles. The lowest BCUT2D eigenvalue weighted by Crippen LogP contribution is -2.24. The smallest absolute Gasteiger partial charge is 0.240 e. The van der Waals surface area contributed by atoms with E-state index in [9.17, 15) is 8.42 Å². The molecule has 104 valence electrons. The molecule has 0 amide bonds. The first-order chi connectivity index (χ1) is 9.10. The Morgan fingerprint density at radius 1 is 1.16 bits per heavy atom. The van der Waals surface area contributed by atoms with Crippen molar-refractivity contribution in [1.29, 1.82) is 0 Å². The van der Waals surface area contributed by atoms with Crippen LogP contribution in [0.1, 0.15) is 25.7 Å². The minimum absolute atomic E-state index is 0.324. The summed E-state index contributed by atoms with van der Waals surface area (Å²) in [5, 5.41) is 3.55. The first-order valence-corrected chi connectivity index (χ1v) is 8.38. The van der Waals surface area contributed by atoms with Gasteiger partial charge in [0.2, 0.25) is 10.0 Å². The Morgan fingerprint density at radius 2 is 1.79 bits per heavy atom. The average Bonchev–Trinajstić information content (AvgIpc) is 3.29. The maximum absolute atomic E-state index is 11.8. The van der Waals surface area contributed by atoms with Gasteiger partial charge in [-0.05, 0) is 62.8 Å². The average molecular weight is 280 g/mol. The lowest BCUT2D eigenvalue weighted by atomic mass is 10.1. The van der Waals surface area contributed by atoms with Crippen LogP contribution >= 0.6 is 0 Å². The Balaban J connectivity index is 1.79. The van der Waals surface area contributed by atoms with Crippen LogP contribution in [-0.4, -0.2) is 21.5 Å². The molecule has 0 aliphatic heterocycles. The van der Waals surface area contributed by atoms with Crippen molar-refractivity contribution in [2.24, 2.45) is 11.8 Å². The lowest BCUT2D eigenvalue weighted by molar-refractivity contribution is 0.567. The maximum Gasteiger partial charge on any atom is 0.240 e. The van der Waals surface area contributed by atoms with Gasteiger partial charge < -0.3 is 5.32 Å². The van der Waals surface area contributed by atoms with Crippen molar-refractivity contribution in [2.45, 2.75) is 36.6 Å². The molecule has 19 heavy (non-hydrogen) atoms. The zero-order chi connectivity index (χ0) is 13.5. The van der Waals surface area contributed by atoms with E-state index >= 15 is 0 Å². The molecule has 2 fully saturated rings. The van der Waals surface area contributed by atoms with Crippen molar-refractivity contribution >= 4 is 15.7 Å². The van der Waals surface area contributed by atoms with Gasteiger partial charge in [-0.25, -0.2) is 13.1 Å². The monoisotopic (exact) mass is 280 g/mol. The van der Waals surface area contributed by atoms with E-state index < -0.39 is 10.0 Å². The van der Waals surface area contributed by atoms with Crippen LogP contribution in [0.4, 0.5) is 5.69 Å². The standard InChI is InChI=1S/C14H20N2O2S/c1-15-19(17,18)13-4-2-3-12(9-13)16-14(10-5-6-10)11-7-8-11/h2-4,9-11,14-16H,5-8H2,1H3. The minimum Gasteiger partial charge on any atom is -0.382 e. The van der Waals surface area contributed by atoms with Crippen LogP contribution in [0.25, 0.3) is 0 Å². The Bertz CT molecular complexity index is 551. The highest BCUT2D eigenvalue weighted by atomic mass is 32.2. The molecule has 0 unspecified atom stereocenters. The van der Waals surface area contributed by atoms with Crippen molar-refractivity contribution in [1.82, 2.24) is 4.72 Å². The number of rotatable bonds is 6. The third-order valence-corrected chi connectivity index (χ3v) is 5.42. The molecule has 0 radical (unpaired) electrons. The van der Waals surface area contributed by atoms with E-state index in [0.29, 0.717) is 10.9 Å². The summed E-state index contributed by atoms with van der Waals surface area (Å²) in [6.07, 6.45) is 5.23. The van der Waals surface area contributed by atoms with Crippen molar-refractivity contribution in [3.63, 3.8) is 0 Å². The van der Waals surface area contributed by atoms with Gasteiger partial charge >= 0.3 is 0 Å². The van der Waals surface area contributed by atoms with Gasteiger partial charge in [-0.3, -0.25) is 0 Å². The largest absolute Gasteiger partial charge is 0.382 e. The van der Waals surface area contributed by atoms with Gasteiger partial charge in [0.25, 0.3) is 0 Å². The summed E-state index contributed by atoms with van der Waals surface area (Å²) >= 11 is 0. The van der Waals surface area contributed by atoms with Crippen LogP contribution in [0.15, 0.2) is 29.2 Å². The lowest BCUT2D eigenvalue weighted by Gasteiger charge is -2.19. The molecule has 2 aliphatic carbocycles. The van der Waals surface area contributed by atoms with Crippen LogP contribution < -0.4 is 10.0 Å². The van der Waals surface area contributed by atoms with Gasteiger partial charge in [0.15, 0.2) is 0 Å². The molecule has 0 atom stereocenters. The summed E-state index contributed by atoms with van der Waals surface area (Å²) in [6.45, 7) is 0. The number of anilines is 1. The summed E-state index contributed by atoms with van der Waals surface area (Å²) in [7, 11) is -1.92. The van der Waals surface area contributed by atoms with Crippen LogP contribution in [0.3, 0.4) is 0 Å². The SMILES string of the molecule is CNS(=O)(=O)c1cccc(NC(C2CC2)C2CC2)c1. The van der Waals surface area contributed by atoms with E-state index in [0.717, 1.165) is 17.5 Å². The summed E-state index contributed by atoms with van der Waals surface area (Å²) < 4.78 is 25.9. The van der Waals surface area contributed by atoms with Crippen molar-refractivity contribution in [3.8, 4) is 0 Å². The summed E-state index contributed by atoms with van der Waals surface area (Å²) in [6, 6.07) is 7.63. The van der Waals surface area contributed by atoms with E-state index in [1.807, 2.05) is 6.07 Å². The molecule has 1 aromatic rings. The third-order valence-electron chi connectivity index (χ3n) is 4.01. The second-order valence-corrected chi connectivity index (χ2v) is 7.47. The fraction of sp³-hybridized carbons (Fsp3) is 0.571. The normalized spacial score (nSPS) is 19.7. The molecule has 2 aliphatic rings. The van der Waals surface area contributed by atoms with Crippen LogP contribution in [0.2, 0.25) is 0 Å². The topological polar surface area (TPSA) is 58.2 Å². The van der Waals surface area contributed by atoms with Gasteiger partial charge in [0, 0.05) is 11.7 Å². The Morgan fingerprint density at radius 3 is 2.32 bits per heavy atom. The number of sulfonamides is 1. The summed E-state index contributed by atoms with van der Waals surface area (Å²) in [5.41, 5.74) is 0.917. The molecule has 0 heterocycles. The molecular weight excluding hydrogens is 260 g/mol. The molecular formula is C14H20N2O2S. The van der Waals surface area contributed by atoms with Crippen LogP contribution in [0, 0.1) is 11.8 Å². The fourth-order valence-electron chi connectivity index (χ4n) is 2.59. The highest BCUT2D eigenvalue weighted by Gasteiger charge is 2.41. The highest BCUT2D eigenvalue weighted by Crippen LogP contribution is 2.45. The van der Waals surface area contributed by atoms with E-state index in [1.54, 1.807) is 18.2 Å². The highest BCUT2D eigenvalue weighted by molar-refractivity contribution is 7.89. The zero-order valence-electron chi connectivity index (χ0n) is 11.1. The van der Waals surface area contributed by atoms with Gasteiger partial charge in [0.1, 0.15) is 0 Å². The Hall–Kier alpha value is -1.07. The molecule has 1 aromatic carbocycles. The van der Waals surface area contributed by atoms with Crippen molar-refractivity contribution < 1.29 is 8.42 Å². The number of hydrogen-bond acceptors (Lipinski definition) is 3. The van der Waals surface area contributed by atoms with Crippen LogP contribution in [-0.2, 0) is 10.0 Å². The first kappa shape index (κ1) is 12.9. The Labute approximate surface area is 114 Å². The summed E-state index contributed by atoms with van der Waals surface area (Å²) in [4.78, 5) is 0.324. The molecule has 0 saturated heterocycles. The van der Waals surface area contributed by atoms with E-state index in [4.69, 9.17) is 0 Å². The van der Waals surface area contributed by atoms with Crippen molar-refractivity contribution in [3.05, 3.63) is 24.3 Å². The predicted molar refractivity (Wildman–Crippen MR) is 75.5 cm³/mol. The van der Waals surface area contributed by atoms with Crippen molar-refractivity contribution in [2.75, 3.05) is 12.4 Å². The quantitative estimate of drug-likeness (QED) is 0.840. The van der Waals surface area contributed by atoms with E-state index in [1.165, 1.54) is 32.7 Å². The maximum atomic E-state index is 11.8. The molecule has 2 N–H and O–H groups in total. The molecule has 0 bridgehead atoms. The summed E-state index contributed by atoms with van der Waals surface area (Å²) in [5.74, 6) is 1.58. The molecule has 3 rings (SSSR count). The zero-order valence-corrected chi connectivity index (χ0v) is 11.9. The van der Waals surface area contributed by atoms with Gasteiger partial charge in [-0.15, -0.1) is 0 Å². The molecule has 5 heteroatoms. The number of hydrogen-bond donors (Lipinski definition) is 2. The number of benzene rings is 1. The third kappa shape index (κ3) is 2.92. The van der Waals surface area contributed by atoms with E-state index in [-0.39, 0.29) is 0 Å². The second-order valence-electron chi connectivity index (χ2n) is 5.58. The number of nitrogens with one attached hydrogen (secondary N) is 2. The second kappa shape index (κ2) is 4.80. The molecule has 0 spiro atoms. The van der Waals surface area contributed by atoms with Gasteiger partial charge in [-0.1, -0.05) is 6.07 Å². The first-order valence-electron chi connectivity index (χ1n) is 6.90. The fourth-order valence-corrected chi connectivity index (χ4v) is 3.37. The van der Waals surface area contributed by atoms with Crippen LogP contribution in [0.5, 0.6) is 0 Å².